The summed E-state index contributed by atoms with van der Waals surface area (Å²) in [5, 5.41) is 9.35. The van der Waals surface area contributed by atoms with Crippen LogP contribution in [0.4, 0.5) is 0 Å². The molecule has 4 nitrogen and oxygen atoms in total. The molecule has 1 heterocycles. The molecular weight excluding hydrogens is 220 g/mol. The predicted octanol–water partition coefficient (Wildman–Crippen LogP) is 1.70. The van der Waals surface area contributed by atoms with Gasteiger partial charge in [0.25, 0.3) is 0 Å². The molecule has 0 spiro atoms. The van der Waals surface area contributed by atoms with Gasteiger partial charge in [-0.1, -0.05) is 13.0 Å². The van der Waals surface area contributed by atoms with Crippen molar-refractivity contribution >= 4 is 0 Å². The molecule has 1 aliphatic rings. The molecule has 1 aromatic carbocycles. The summed E-state index contributed by atoms with van der Waals surface area (Å²) in [4.78, 5) is 0. The Bertz CT molecular complexity index is 389. The number of aliphatic hydroxyl groups is 1. The summed E-state index contributed by atoms with van der Waals surface area (Å²) < 4.78 is 16.4. The highest BCUT2D eigenvalue weighted by Gasteiger charge is 2.22. The Morgan fingerprint density at radius 2 is 2.12 bits per heavy atom. The number of hydrogen-bond donors (Lipinski definition) is 1. The molecule has 17 heavy (non-hydrogen) atoms. The SMILES string of the molecule is COCc1ccc2c(c1C(C)CO)OCCO2. The molecule has 1 atom stereocenters. The molecule has 4 heteroatoms. The van der Waals surface area contributed by atoms with E-state index < -0.39 is 0 Å². The lowest BCUT2D eigenvalue weighted by Gasteiger charge is -2.25. The third-order valence-corrected chi connectivity index (χ3v) is 2.90. The zero-order chi connectivity index (χ0) is 12.3. The fraction of sp³-hybridized carbons (Fsp3) is 0.538. The number of benzene rings is 1. The average molecular weight is 238 g/mol. The Labute approximate surface area is 101 Å². The van der Waals surface area contributed by atoms with Gasteiger partial charge in [-0.15, -0.1) is 0 Å². The first kappa shape index (κ1) is 12.2. The van der Waals surface area contributed by atoms with E-state index in [2.05, 4.69) is 0 Å². The molecule has 0 aromatic heterocycles. The quantitative estimate of drug-likeness (QED) is 0.867. The second-order valence-corrected chi connectivity index (χ2v) is 4.18. The number of methoxy groups -OCH3 is 1. The molecule has 1 unspecified atom stereocenters. The van der Waals surface area contributed by atoms with Gasteiger partial charge in [-0.25, -0.2) is 0 Å². The zero-order valence-corrected chi connectivity index (χ0v) is 10.2. The molecule has 0 amide bonds. The highest BCUT2D eigenvalue weighted by Crippen LogP contribution is 2.40. The van der Waals surface area contributed by atoms with E-state index >= 15 is 0 Å². The standard InChI is InChI=1S/C13H18O4/c1-9(7-14)12-10(8-15-2)3-4-11-13(12)17-6-5-16-11/h3-4,9,14H,5-8H2,1-2H3. The molecule has 0 saturated carbocycles. The maximum atomic E-state index is 9.35. The van der Waals surface area contributed by atoms with Gasteiger partial charge < -0.3 is 19.3 Å². The molecule has 0 fully saturated rings. The highest BCUT2D eigenvalue weighted by atomic mass is 16.6. The van der Waals surface area contributed by atoms with Crippen LogP contribution in [0.2, 0.25) is 0 Å². The summed E-state index contributed by atoms with van der Waals surface area (Å²) >= 11 is 0. The van der Waals surface area contributed by atoms with Crippen LogP contribution in [0.15, 0.2) is 12.1 Å². The van der Waals surface area contributed by atoms with Crippen molar-refractivity contribution in [2.45, 2.75) is 19.4 Å². The lowest BCUT2D eigenvalue weighted by atomic mass is 9.94. The summed E-state index contributed by atoms with van der Waals surface area (Å²) in [7, 11) is 1.66. The first-order valence-electron chi connectivity index (χ1n) is 5.79. The van der Waals surface area contributed by atoms with E-state index in [9.17, 15) is 5.11 Å². The van der Waals surface area contributed by atoms with Crippen LogP contribution in [-0.2, 0) is 11.3 Å². The molecule has 0 radical (unpaired) electrons. The Kier molecular flexibility index (Phi) is 3.86. The average Bonchev–Trinajstić information content (AvgIpc) is 2.38. The first-order valence-corrected chi connectivity index (χ1v) is 5.79. The van der Waals surface area contributed by atoms with Crippen molar-refractivity contribution < 1.29 is 19.3 Å². The van der Waals surface area contributed by atoms with Gasteiger partial charge in [0.15, 0.2) is 11.5 Å². The second-order valence-electron chi connectivity index (χ2n) is 4.18. The third-order valence-electron chi connectivity index (χ3n) is 2.90. The molecule has 2 rings (SSSR count). The monoisotopic (exact) mass is 238 g/mol. The molecule has 1 N–H and O–H groups in total. The fourth-order valence-electron chi connectivity index (χ4n) is 2.09. The second kappa shape index (κ2) is 5.38. The third kappa shape index (κ3) is 2.37. The van der Waals surface area contributed by atoms with E-state index in [4.69, 9.17) is 14.2 Å². The van der Waals surface area contributed by atoms with Crippen molar-refractivity contribution in [2.75, 3.05) is 26.9 Å². The van der Waals surface area contributed by atoms with Crippen LogP contribution in [-0.4, -0.2) is 32.0 Å². The molecule has 0 saturated heterocycles. The van der Waals surface area contributed by atoms with Gasteiger partial charge in [-0.05, 0) is 11.6 Å². The lowest BCUT2D eigenvalue weighted by Crippen LogP contribution is -2.18. The van der Waals surface area contributed by atoms with Crippen LogP contribution in [0.1, 0.15) is 24.0 Å². The summed E-state index contributed by atoms with van der Waals surface area (Å²) in [5.41, 5.74) is 2.03. The molecule has 0 bridgehead atoms. The van der Waals surface area contributed by atoms with E-state index in [0.29, 0.717) is 19.8 Å². The van der Waals surface area contributed by atoms with Crippen molar-refractivity contribution in [1.82, 2.24) is 0 Å². The van der Waals surface area contributed by atoms with Gasteiger partial charge in [0, 0.05) is 25.2 Å². The van der Waals surface area contributed by atoms with E-state index in [0.717, 1.165) is 22.6 Å². The van der Waals surface area contributed by atoms with Crippen LogP contribution in [0.5, 0.6) is 11.5 Å². The Morgan fingerprint density at radius 1 is 1.35 bits per heavy atom. The maximum absolute atomic E-state index is 9.35. The molecule has 94 valence electrons. The number of fused-ring (bicyclic) bond motifs is 1. The number of aliphatic hydroxyl groups excluding tert-OH is 1. The van der Waals surface area contributed by atoms with Gasteiger partial charge in [-0.2, -0.15) is 0 Å². The van der Waals surface area contributed by atoms with Crippen LogP contribution in [0.3, 0.4) is 0 Å². The van der Waals surface area contributed by atoms with Gasteiger partial charge >= 0.3 is 0 Å². The van der Waals surface area contributed by atoms with Crippen molar-refractivity contribution in [3.8, 4) is 11.5 Å². The molecule has 0 aliphatic carbocycles. The van der Waals surface area contributed by atoms with Crippen LogP contribution in [0, 0.1) is 0 Å². The minimum absolute atomic E-state index is 0.0109. The van der Waals surface area contributed by atoms with E-state index in [1.165, 1.54) is 0 Å². The predicted molar refractivity (Wildman–Crippen MR) is 63.6 cm³/mol. The van der Waals surface area contributed by atoms with Crippen LogP contribution in [0.25, 0.3) is 0 Å². The van der Waals surface area contributed by atoms with Crippen LogP contribution < -0.4 is 9.47 Å². The van der Waals surface area contributed by atoms with E-state index in [1.807, 2.05) is 19.1 Å². The van der Waals surface area contributed by atoms with Crippen LogP contribution >= 0.6 is 0 Å². The van der Waals surface area contributed by atoms with Gasteiger partial charge in [0.1, 0.15) is 13.2 Å². The Balaban J connectivity index is 2.47. The first-order chi connectivity index (χ1) is 8.27. The minimum Gasteiger partial charge on any atom is -0.486 e. The largest absolute Gasteiger partial charge is 0.486 e. The van der Waals surface area contributed by atoms with Crippen molar-refractivity contribution in [3.05, 3.63) is 23.3 Å². The number of hydrogen-bond acceptors (Lipinski definition) is 4. The van der Waals surface area contributed by atoms with Gasteiger partial charge in [0.2, 0.25) is 0 Å². The maximum Gasteiger partial charge on any atom is 0.165 e. The molecular formula is C13H18O4. The summed E-state index contributed by atoms with van der Waals surface area (Å²) in [6.45, 7) is 3.68. The Morgan fingerprint density at radius 3 is 2.82 bits per heavy atom. The van der Waals surface area contributed by atoms with Crippen molar-refractivity contribution in [2.24, 2.45) is 0 Å². The fourth-order valence-corrected chi connectivity index (χ4v) is 2.09. The summed E-state index contributed by atoms with van der Waals surface area (Å²) in [6, 6.07) is 3.87. The normalized spacial score (nSPS) is 15.7. The lowest BCUT2D eigenvalue weighted by molar-refractivity contribution is 0.162. The van der Waals surface area contributed by atoms with E-state index in [1.54, 1.807) is 7.11 Å². The Hall–Kier alpha value is -1.26. The van der Waals surface area contributed by atoms with Gasteiger partial charge in [0.05, 0.1) is 6.61 Å². The van der Waals surface area contributed by atoms with Crippen molar-refractivity contribution in [1.29, 1.82) is 0 Å². The topological polar surface area (TPSA) is 47.9 Å². The highest BCUT2D eigenvalue weighted by molar-refractivity contribution is 5.53. The number of rotatable bonds is 4. The summed E-state index contributed by atoms with van der Waals surface area (Å²) in [5.74, 6) is 1.52. The van der Waals surface area contributed by atoms with Gasteiger partial charge in [-0.3, -0.25) is 0 Å². The molecule has 1 aromatic rings. The molecule has 1 aliphatic heterocycles. The smallest absolute Gasteiger partial charge is 0.165 e. The zero-order valence-electron chi connectivity index (χ0n) is 10.2. The minimum atomic E-state index is 0.0109. The summed E-state index contributed by atoms with van der Waals surface area (Å²) in [6.07, 6.45) is 0. The number of ether oxygens (including phenoxy) is 3. The van der Waals surface area contributed by atoms with E-state index in [-0.39, 0.29) is 12.5 Å². The van der Waals surface area contributed by atoms with Crippen molar-refractivity contribution in [3.63, 3.8) is 0 Å².